The Labute approximate surface area is 83.7 Å². The highest BCUT2D eigenvalue weighted by Gasteiger charge is 2.31. The largest absolute Gasteiger partial charge is 0.396 e. The molecule has 4 heteroatoms. The fourth-order valence-corrected chi connectivity index (χ4v) is 1.50. The van der Waals surface area contributed by atoms with Gasteiger partial charge in [0.05, 0.1) is 5.69 Å². The SMILES string of the molecule is CC1CC1CNc1ccc(N)c(N)n1. The topological polar surface area (TPSA) is 77.0 Å². The Morgan fingerprint density at radius 2 is 2.21 bits per heavy atom. The Kier molecular flexibility index (Phi) is 2.19. The van der Waals surface area contributed by atoms with Gasteiger partial charge in [0.25, 0.3) is 0 Å². The van der Waals surface area contributed by atoms with Crippen LogP contribution in [-0.2, 0) is 0 Å². The summed E-state index contributed by atoms with van der Waals surface area (Å²) in [5.74, 6) is 2.87. The van der Waals surface area contributed by atoms with Gasteiger partial charge in [-0.2, -0.15) is 0 Å². The van der Waals surface area contributed by atoms with E-state index in [1.165, 1.54) is 6.42 Å². The molecule has 1 aromatic rings. The molecule has 14 heavy (non-hydrogen) atoms. The van der Waals surface area contributed by atoms with Gasteiger partial charge in [0.1, 0.15) is 11.6 Å². The zero-order valence-corrected chi connectivity index (χ0v) is 8.33. The second-order valence-corrected chi connectivity index (χ2v) is 4.02. The van der Waals surface area contributed by atoms with E-state index in [4.69, 9.17) is 11.5 Å². The van der Waals surface area contributed by atoms with Gasteiger partial charge in [-0.05, 0) is 30.4 Å². The molecule has 1 saturated carbocycles. The van der Waals surface area contributed by atoms with Gasteiger partial charge in [-0.25, -0.2) is 4.98 Å². The molecule has 5 N–H and O–H groups in total. The fraction of sp³-hybridized carbons (Fsp3) is 0.500. The lowest BCUT2D eigenvalue weighted by molar-refractivity contribution is 0.785. The molecule has 2 atom stereocenters. The van der Waals surface area contributed by atoms with E-state index in [0.29, 0.717) is 11.5 Å². The van der Waals surface area contributed by atoms with Gasteiger partial charge in [-0.15, -0.1) is 0 Å². The van der Waals surface area contributed by atoms with Gasteiger partial charge in [-0.1, -0.05) is 6.92 Å². The van der Waals surface area contributed by atoms with Crippen LogP contribution in [0.1, 0.15) is 13.3 Å². The van der Waals surface area contributed by atoms with Crippen molar-refractivity contribution in [3.63, 3.8) is 0 Å². The van der Waals surface area contributed by atoms with Crippen LogP contribution >= 0.6 is 0 Å². The number of nitrogens with one attached hydrogen (secondary N) is 1. The molecule has 1 aliphatic rings. The van der Waals surface area contributed by atoms with Gasteiger partial charge in [0.2, 0.25) is 0 Å². The minimum atomic E-state index is 0.402. The third-order valence-corrected chi connectivity index (χ3v) is 2.78. The summed E-state index contributed by atoms with van der Waals surface area (Å²) in [6.45, 7) is 3.24. The van der Waals surface area contributed by atoms with Crippen molar-refractivity contribution in [2.24, 2.45) is 11.8 Å². The van der Waals surface area contributed by atoms with Crippen LogP contribution in [0.4, 0.5) is 17.3 Å². The van der Waals surface area contributed by atoms with E-state index in [9.17, 15) is 0 Å². The van der Waals surface area contributed by atoms with Crippen LogP contribution in [0.25, 0.3) is 0 Å². The average Bonchev–Trinajstić information content (AvgIpc) is 2.85. The standard InChI is InChI=1S/C10H16N4/c1-6-4-7(6)5-13-9-3-2-8(11)10(12)14-9/h2-3,6-7H,4-5,11H2,1H3,(H3,12,13,14). The predicted molar refractivity (Wildman–Crippen MR) is 58.8 cm³/mol. The van der Waals surface area contributed by atoms with Crippen molar-refractivity contribution >= 4 is 17.3 Å². The zero-order chi connectivity index (χ0) is 10.1. The molecule has 1 fully saturated rings. The molecule has 0 saturated heterocycles. The Bertz CT molecular complexity index is 337. The third-order valence-electron chi connectivity index (χ3n) is 2.78. The van der Waals surface area contributed by atoms with Crippen LogP contribution in [-0.4, -0.2) is 11.5 Å². The lowest BCUT2D eigenvalue weighted by atomic mass is 10.3. The van der Waals surface area contributed by atoms with Gasteiger partial charge in [0, 0.05) is 6.54 Å². The molecule has 76 valence electrons. The van der Waals surface area contributed by atoms with Crippen LogP contribution in [0.3, 0.4) is 0 Å². The molecule has 0 spiro atoms. The first kappa shape index (κ1) is 9.12. The van der Waals surface area contributed by atoms with E-state index in [0.717, 1.165) is 24.2 Å². The summed E-state index contributed by atoms with van der Waals surface area (Å²) in [5.41, 5.74) is 11.7. The van der Waals surface area contributed by atoms with Crippen molar-refractivity contribution in [2.45, 2.75) is 13.3 Å². The lowest BCUT2D eigenvalue weighted by Gasteiger charge is -2.06. The summed E-state index contributed by atoms with van der Waals surface area (Å²) in [7, 11) is 0. The number of nitrogen functional groups attached to an aromatic ring is 2. The molecule has 0 aliphatic heterocycles. The summed E-state index contributed by atoms with van der Waals surface area (Å²) in [6.07, 6.45) is 1.32. The first-order valence-corrected chi connectivity index (χ1v) is 4.92. The van der Waals surface area contributed by atoms with Crippen molar-refractivity contribution in [2.75, 3.05) is 23.3 Å². The Hall–Kier alpha value is -1.45. The van der Waals surface area contributed by atoms with Crippen LogP contribution in [0.15, 0.2) is 12.1 Å². The molecule has 2 unspecified atom stereocenters. The Balaban J connectivity index is 1.92. The Morgan fingerprint density at radius 3 is 2.79 bits per heavy atom. The van der Waals surface area contributed by atoms with Crippen LogP contribution in [0.5, 0.6) is 0 Å². The summed E-state index contributed by atoms with van der Waals surface area (Å²) < 4.78 is 0. The van der Waals surface area contributed by atoms with Crippen LogP contribution in [0, 0.1) is 11.8 Å². The molecule has 0 aromatic carbocycles. The highest BCUT2D eigenvalue weighted by atomic mass is 15.0. The van der Waals surface area contributed by atoms with Crippen LogP contribution in [0.2, 0.25) is 0 Å². The number of nitrogens with two attached hydrogens (primary N) is 2. The van der Waals surface area contributed by atoms with Crippen molar-refractivity contribution in [3.8, 4) is 0 Å². The van der Waals surface area contributed by atoms with Crippen LogP contribution < -0.4 is 16.8 Å². The summed E-state index contributed by atoms with van der Waals surface area (Å²) in [6, 6.07) is 3.64. The minimum Gasteiger partial charge on any atom is -0.396 e. The van der Waals surface area contributed by atoms with E-state index < -0.39 is 0 Å². The number of rotatable bonds is 3. The predicted octanol–water partition coefficient (Wildman–Crippen LogP) is 1.31. The minimum absolute atomic E-state index is 0.402. The molecule has 1 heterocycles. The smallest absolute Gasteiger partial charge is 0.149 e. The molecule has 0 amide bonds. The summed E-state index contributed by atoms with van der Waals surface area (Å²) in [5, 5.41) is 3.26. The maximum Gasteiger partial charge on any atom is 0.149 e. The third kappa shape index (κ3) is 1.89. The first-order valence-electron chi connectivity index (χ1n) is 4.92. The summed E-state index contributed by atoms with van der Waals surface area (Å²) in [4.78, 5) is 4.14. The second-order valence-electron chi connectivity index (χ2n) is 4.02. The maximum atomic E-state index is 5.59. The molecule has 2 rings (SSSR count). The lowest BCUT2D eigenvalue weighted by Crippen LogP contribution is -2.07. The number of hydrogen-bond acceptors (Lipinski definition) is 4. The number of pyridine rings is 1. The first-order chi connectivity index (χ1) is 6.66. The van der Waals surface area contributed by atoms with E-state index >= 15 is 0 Å². The zero-order valence-electron chi connectivity index (χ0n) is 8.33. The monoisotopic (exact) mass is 192 g/mol. The molecule has 0 bridgehead atoms. The van der Waals surface area contributed by atoms with Crippen molar-refractivity contribution in [3.05, 3.63) is 12.1 Å². The molecule has 1 aliphatic carbocycles. The Morgan fingerprint density at radius 1 is 1.50 bits per heavy atom. The molecule has 0 radical (unpaired) electrons. The molecular formula is C10H16N4. The van der Waals surface area contributed by atoms with E-state index in [1.54, 1.807) is 6.07 Å². The maximum absolute atomic E-state index is 5.59. The highest BCUT2D eigenvalue weighted by molar-refractivity contribution is 5.61. The van der Waals surface area contributed by atoms with Gasteiger partial charge in [-0.3, -0.25) is 0 Å². The second kappa shape index (κ2) is 3.36. The van der Waals surface area contributed by atoms with Gasteiger partial charge in [0.15, 0.2) is 0 Å². The summed E-state index contributed by atoms with van der Waals surface area (Å²) >= 11 is 0. The fourth-order valence-electron chi connectivity index (χ4n) is 1.50. The average molecular weight is 192 g/mol. The van der Waals surface area contributed by atoms with Gasteiger partial charge < -0.3 is 16.8 Å². The quantitative estimate of drug-likeness (QED) is 0.675. The number of aromatic nitrogens is 1. The van der Waals surface area contributed by atoms with E-state index in [1.807, 2.05) is 6.07 Å². The van der Waals surface area contributed by atoms with Gasteiger partial charge >= 0.3 is 0 Å². The molecule has 4 nitrogen and oxygen atoms in total. The van der Waals surface area contributed by atoms with Crippen molar-refractivity contribution < 1.29 is 0 Å². The molecule has 1 aromatic heterocycles. The normalized spacial score (nSPS) is 24.6. The highest BCUT2D eigenvalue weighted by Crippen LogP contribution is 2.37. The number of anilines is 3. The van der Waals surface area contributed by atoms with Crippen molar-refractivity contribution in [1.82, 2.24) is 4.98 Å². The molecular weight excluding hydrogens is 176 g/mol. The van der Waals surface area contributed by atoms with Crippen molar-refractivity contribution in [1.29, 1.82) is 0 Å². The van der Waals surface area contributed by atoms with E-state index in [2.05, 4.69) is 17.2 Å². The van der Waals surface area contributed by atoms with E-state index in [-0.39, 0.29) is 0 Å². The number of nitrogens with zero attached hydrogens (tertiary/aromatic N) is 1. The number of hydrogen-bond donors (Lipinski definition) is 3.